The molecule has 0 radical (unpaired) electrons. The van der Waals surface area contributed by atoms with E-state index in [1.807, 2.05) is 0 Å². The van der Waals surface area contributed by atoms with Crippen molar-refractivity contribution in [1.82, 2.24) is 0 Å². The lowest BCUT2D eigenvalue weighted by molar-refractivity contribution is -0.119. The molecule has 2 aromatic rings. The standard InChI is InChI=1S/C26H24ClN3O8/c1-12-8-16(31)15(10-29-11-19(32)30-14-6-4-13(5-7-14)25(28)35)23(33)26(12)24(34)20-17(36-2)9-18(37-3)21(27)22(20)38-26/h4-7,9-10,12,33H,8,11H2,1-3H3,(H2,28,35)(H,30,32). The second-order valence-corrected chi connectivity index (χ2v) is 9.09. The summed E-state index contributed by atoms with van der Waals surface area (Å²) in [6.45, 7) is 1.20. The number of primary amides is 1. The van der Waals surface area contributed by atoms with Crippen molar-refractivity contribution in [1.29, 1.82) is 0 Å². The van der Waals surface area contributed by atoms with Crippen LogP contribution in [0.2, 0.25) is 5.02 Å². The third-order valence-electron chi connectivity index (χ3n) is 6.42. The van der Waals surface area contributed by atoms with Crippen molar-refractivity contribution < 1.29 is 38.5 Å². The van der Waals surface area contributed by atoms with Crippen LogP contribution in [0.15, 0.2) is 46.7 Å². The van der Waals surface area contributed by atoms with Gasteiger partial charge < -0.3 is 30.4 Å². The quantitative estimate of drug-likeness (QED) is 0.450. The molecule has 0 saturated heterocycles. The van der Waals surface area contributed by atoms with E-state index in [0.717, 1.165) is 6.21 Å². The molecule has 0 fully saturated rings. The summed E-state index contributed by atoms with van der Waals surface area (Å²) in [7, 11) is 2.75. The Labute approximate surface area is 222 Å². The monoisotopic (exact) mass is 541 g/mol. The third-order valence-corrected chi connectivity index (χ3v) is 6.78. The number of carbonyl (C=O) groups excluding carboxylic acids is 4. The number of methoxy groups -OCH3 is 2. The second kappa shape index (κ2) is 10.2. The number of aliphatic imine (C=N–C) groups is 1. The first kappa shape index (κ1) is 26.7. The van der Waals surface area contributed by atoms with Crippen LogP contribution >= 0.6 is 11.6 Å². The average molecular weight is 542 g/mol. The molecule has 0 bridgehead atoms. The number of carbonyl (C=O) groups is 4. The Morgan fingerprint density at radius 3 is 2.50 bits per heavy atom. The maximum absolute atomic E-state index is 13.7. The van der Waals surface area contributed by atoms with Crippen LogP contribution in [-0.4, -0.2) is 61.1 Å². The molecule has 1 heterocycles. The van der Waals surface area contributed by atoms with Crippen LogP contribution in [0.25, 0.3) is 0 Å². The van der Waals surface area contributed by atoms with Crippen LogP contribution in [0, 0.1) is 5.92 Å². The number of hydrogen-bond acceptors (Lipinski definition) is 9. The highest BCUT2D eigenvalue weighted by Gasteiger charge is 2.60. The highest BCUT2D eigenvalue weighted by Crippen LogP contribution is 2.54. The zero-order chi connectivity index (χ0) is 27.8. The summed E-state index contributed by atoms with van der Waals surface area (Å²) in [5.41, 5.74) is 3.71. The van der Waals surface area contributed by atoms with E-state index < -0.39 is 47.2 Å². The molecular formula is C26H24ClN3O8. The van der Waals surface area contributed by atoms with Gasteiger partial charge in [-0.15, -0.1) is 0 Å². The average Bonchev–Trinajstić information content (AvgIpc) is 3.20. The van der Waals surface area contributed by atoms with Crippen molar-refractivity contribution in [2.45, 2.75) is 18.9 Å². The van der Waals surface area contributed by atoms with E-state index in [2.05, 4.69) is 10.3 Å². The van der Waals surface area contributed by atoms with E-state index in [0.29, 0.717) is 5.69 Å². The first-order valence-electron chi connectivity index (χ1n) is 11.4. The molecule has 0 aromatic heterocycles. The normalized spacial score (nSPS) is 20.5. The lowest BCUT2D eigenvalue weighted by Crippen LogP contribution is -2.52. The van der Waals surface area contributed by atoms with Gasteiger partial charge in [-0.1, -0.05) is 18.5 Å². The SMILES string of the molecule is COc1cc(OC)c2c(c1Cl)OC1(C2=O)C(O)=C(C=NCC(=O)Nc2ccc(C(N)=O)cc2)C(=O)CC1C. The molecule has 198 valence electrons. The smallest absolute Gasteiger partial charge is 0.248 e. The molecule has 2 unspecified atom stereocenters. The highest BCUT2D eigenvalue weighted by molar-refractivity contribution is 6.35. The number of amides is 2. The number of ketones is 2. The van der Waals surface area contributed by atoms with Gasteiger partial charge in [0, 0.05) is 35.9 Å². The Kier molecular flexibility index (Phi) is 7.14. The van der Waals surface area contributed by atoms with Crippen LogP contribution in [0.3, 0.4) is 0 Å². The van der Waals surface area contributed by atoms with Crippen molar-refractivity contribution in [2.24, 2.45) is 16.6 Å². The molecule has 4 N–H and O–H groups in total. The zero-order valence-electron chi connectivity index (χ0n) is 20.7. The molecule has 2 atom stereocenters. The van der Waals surface area contributed by atoms with Gasteiger partial charge >= 0.3 is 0 Å². The number of fused-ring (bicyclic) bond motifs is 1. The van der Waals surface area contributed by atoms with Gasteiger partial charge in [0.1, 0.15) is 28.6 Å². The van der Waals surface area contributed by atoms with Gasteiger partial charge in [-0.2, -0.15) is 0 Å². The summed E-state index contributed by atoms with van der Waals surface area (Å²) in [6.07, 6.45) is 0.904. The first-order valence-corrected chi connectivity index (χ1v) is 11.8. The summed E-state index contributed by atoms with van der Waals surface area (Å²) in [5.74, 6) is -3.32. The van der Waals surface area contributed by atoms with Crippen molar-refractivity contribution in [3.63, 3.8) is 0 Å². The van der Waals surface area contributed by atoms with Gasteiger partial charge in [0.15, 0.2) is 17.3 Å². The molecule has 1 spiro atoms. The maximum atomic E-state index is 13.7. The summed E-state index contributed by atoms with van der Waals surface area (Å²) in [4.78, 5) is 53.9. The number of halogens is 1. The minimum absolute atomic E-state index is 0.0150. The number of rotatable bonds is 7. The van der Waals surface area contributed by atoms with Crippen LogP contribution in [0.4, 0.5) is 5.69 Å². The molecule has 12 heteroatoms. The molecule has 1 aliphatic heterocycles. The van der Waals surface area contributed by atoms with Crippen molar-refractivity contribution in [2.75, 3.05) is 26.1 Å². The number of ether oxygens (including phenoxy) is 3. The maximum Gasteiger partial charge on any atom is 0.248 e. The molecule has 38 heavy (non-hydrogen) atoms. The van der Waals surface area contributed by atoms with Gasteiger partial charge in [-0.3, -0.25) is 24.2 Å². The van der Waals surface area contributed by atoms with Crippen LogP contribution in [0.5, 0.6) is 17.2 Å². The van der Waals surface area contributed by atoms with E-state index in [1.165, 1.54) is 44.6 Å². The molecule has 4 rings (SSSR count). The molecule has 1 aliphatic carbocycles. The van der Waals surface area contributed by atoms with E-state index in [9.17, 15) is 24.3 Å². The van der Waals surface area contributed by atoms with E-state index in [1.54, 1.807) is 6.92 Å². The summed E-state index contributed by atoms with van der Waals surface area (Å²) in [6, 6.07) is 7.35. The zero-order valence-corrected chi connectivity index (χ0v) is 21.4. The van der Waals surface area contributed by atoms with E-state index in [4.69, 9.17) is 31.5 Å². The predicted octanol–water partition coefficient (Wildman–Crippen LogP) is 2.90. The minimum atomic E-state index is -1.94. The van der Waals surface area contributed by atoms with Crippen molar-refractivity contribution >= 4 is 46.9 Å². The number of nitrogens with zero attached hydrogens (tertiary/aromatic N) is 1. The Morgan fingerprint density at radius 2 is 1.89 bits per heavy atom. The van der Waals surface area contributed by atoms with Gasteiger partial charge in [-0.25, -0.2) is 0 Å². The fourth-order valence-electron chi connectivity index (χ4n) is 4.45. The van der Waals surface area contributed by atoms with Crippen LogP contribution in [-0.2, 0) is 9.59 Å². The molecule has 0 saturated carbocycles. The summed E-state index contributed by atoms with van der Waals surface area (Å²) < 4.78 is 16.6. The number of aliphatic hydroxyl groups excluding tert-OH is 1. The Bertz CT molecular complexity index is 1420. The first-order chi connectivity index (χ1) is 18.0. The lowest BCUT2D eigenvalue weighted by Gasteiger charge is -2.36. The third kappa shape index (κ3) is 4.34. The predicted molar refractivity (Wildman–Crippen MR) is 138 cm³/mol. The van der Waals surface area contributed by atoms with Crippen molar-refractivity contribution in [3.8, 4) is 17.2 Å². The van der Waals surface area contributed by atoms with Crippen LogP contribution in [0.1, 0.15) is 34.1 Å². The van der Waals surface area contributed by atoms with E-state index >= 15 is 0 Å². The fraction of sp³-hybridized carbons (Fsp3) is 0.269. The molecule has 2 aliphatic rings. The number of Topliss-reactive ketones (excluding diaryl/α,β-unsaturated/α-hetero) is 2. The fourth-order valence-corrected chi connectivity index (χ4v) is 4.72. The molecule has 2 amide bonds. The molecule has 11 nitrogen and oxygen atoms in total. The van der Waals surface area contributed by atoms with Gasteiger partial charge in [0.25, 0.3) is 0 Å². The van der Waals surface area contributed by atoms with E-state index in [-0.39, 0.29) is 45.4 Å². The molecular weight excluding hydrogens is 518 g/mol. The number of anilines is 1. The minimum Gasteiger partial charge on any atom is -0.507 e. The van der Waals surface area contributed by atoms with Gasteiger partial charge in [0.2, 0.25) is 23.2 Å². The second-order valence-electron chi connectivity index (χ2n) is 8.72. The number of benzene rings is 2. The Hall–Kier alpha value is -4.38. The van der Waals surface area contributed by atoms with Gasteiger partial charge in [-0.05, 0) is 24.3 Å². The number of nitrogens with two attached hydrogens (primary N) is 1. The largest absolute Gasteiger partial charge is 0.507 e. The van der Waals surface area contributed by atoms with Crippen LogP contribution < -0.4 is 25.3 Å². The Morgan fingerprint density at radius 1 is 1.24 bits per heavy atom. The molecule has 2 aromatic carbocycles. The Balaban J connectivity index is 1.61. The number of allylic oxidation sites excluding steroid dienone is 1. The summed E-state index contributed by atoms with van der Waals surface area (Å²) >= 11 is 6.40. The lowest BCUT2D eigenvalue weighted by atomic mass is 9.73. The topological polar surface area (TPSA) is 167 Å². The highest BCUT2D eigenvalue weighted by atomic mass is 35.5. The van der Waals surface area contributed by atoms with Crippen molar-refractivity contribution in [3.05, 3.63) is 57.8 Å². The summed E-state index contributed by atoms with van der Waals surface area (Å²) in [5, 5.41) is 13.8. The number of aliphatic hydroxyl groups is 1. The number of nitrogens with one attached hydrogen (secondary N) is 1. The van der Waals surface area contributed by atoms with Gasteiger partial charge in [0.05, 0.1) is 19.8 Å². The number of hydrogen-bond donors (Lipinski definition) is 3.